The number of hydrogen-bond acceptors (Lipinski definition) is 4. The molecule has 0 unspecified atom stereocenters. The Morgan fingerprint density at radius 2 is 1.82 bits per heavy atom. The number of rotatable bonds is 5. The summed E-state index contributed by atoms with van der Waals surface area (Å²) in [5.41, 5.74) is 6.66. The van der Waals surface area contributed by atoms with Crippen molar-refractivity contribution in [1.29, 1.82) is 0 Å². The lowest BCUT2D eigenvalue weighted by Gasteiger charge is -2.08. The Hall–Kier alpha value is -3.48. The maximum Gasteiger partial charge on any atom is 0.250 e. The molecular formula is C26H22ClN3O2S. The summed E-state index contributed by atoms with van der Waals surface area (Å²) >= 11 is 11.1. The number of carbonyl (C=O) groups is 1. The van der Waals surface area contributed by atoms with E-state index in [2.05, 4.69) is 28.6 Å². The molecule has 4 rings (SSSR count). The second-order valence-corrected chi connectivity index (χ2v) is 8.58. The van der Waals surface area contributed by atoms with Gasteiger partial charge in [-0.25, -0.2) is 4.98 Å². The van der Waals surface area contributed by atoms with E-state index in [1.807, 2.05) is 49.4 Å². The van der Waals surface area contributed by atoms with Crippen molar-refractivity contribution < 1.29 is 9.21 Å². The number of fused-ring (bicyclic) bond motifs is 1. The van der Waals surface area contributed by atoms with Gasteiger partial charge in [-0.15, -0.1) is 0 Å². The van der Waals surface area contributed by atoms with Gasteiger partial charge in [-0.3, -0.25) is 10.1 Å². The lowest BCUT2D eigenvalue weighted by Crippen LogP contribution is -2.32. The fraction of sp³-hybridized carbons (Fsp3) is 0.115. The average Bonchev–Trinajstić information content (AvgIpc) is 3.17. The van der Waals surface area contributed by atoms with Crippen LogP contribution in [0.15, 0.2) is 71.2 Å². The van der Waals surface area contributed by atoms with E-state index in [1.165, 1.54) is 11.6 Å². The van der Waals surface area contributed by atoms with E-state index in [4.69, 9.17) is 28.2 Å². The fourth-order valence-corrected chi connectivity index (χ4v) is 3.79. The number of aryl methyl sites for hydroxylation is 2. The third kappa shape index (κ3) is 6.06. The van der Waals surface area contributed by atoms with Gasteiger partial charge < -0.3 is 9.73 Å². The molecule has 0 radical (unpaired) electrons. The first kappa shape index (κ1) is 22.7. The first-order chi connectivity index (χ1) is 15.9. The Balaban J connectivity index is 1.32. The maximum atomic E-state index is 12.1. The van der Waals surface area contributed by atoms with E-state index in [0.29, 0.717) is 17.3 Å². The highest BCUT2D eigenvalue weighted by Crippen LogP contribution is 2.23. The molecule has 0 spiro atoms. The van der Waals surface area contributed by atoms with Gasteiger partial charge in [-0.2, -0.15) is 0 Å². The number of carbonyl (C=O) groups excluding carboxylic acids is 1. The highest BCUT2D eigenvalue weighted by atomic mass is 35.5. The van der Waals surface area contributed by atoms with Crippen LogP contribution in [-0.4, -0.2) is 16.0 Å². The normalized spacial score (nSPS) is 11.1. The van der Waals surface area contributed by atoms with E-state index < -0.39 is 0 Å². The Kier molecular flexibility index (Phi) is 6.87. The van der Waals surface area contributed by atoms with Gasteiger partial charge in [0.25, 0.3) is 0 Å². The molecule has 0 saturated heterocycles. The third-order valence-electron chi connectivity index (χ3n) is 4.97. The Morgan fingerprint density at radius 1 is 1.09 bits per heavy atom. The monoisotopic (exact) mass is 475 g/mol. The van der Waals surface area contributed by atoms with Crippen LogP contribution in [0.5, 0.6) is 0 Å². The first-order valence-corrected chi connectivity index (χ1v) is 11.2. The minimum absolute atomic E-state index is 0.221. The van der Waals surface area contributed by atoms with Gasteiger partial charge in [0.15, 0.2) is 16.6 Å². The van der Waals surface area contributed by atoms with Crippen LogP contribution in [-0.2, 0) is 11.2 Å². The summed E-state index contributed by atoms with van der Waals surface area (Å²) in [6.07, 6.45) is 3.70. The second-order valence-electron chi connectivity index (χ2n) is 7.74. The average molecular weight is 476 g/mol. The van der Waals surface area contributed by atoms with Crippen molar-refractivity contribution in [2.24, 2.45) is 0 Å². The predicted octanol–water partition coefficient (Wildman–Crippen LogP) is 6.22. The summed E-state index contributed by atoms with van der Waals surface area (Å²) in [5.74, 6) is 0.357. The number of oxazole rings is 1. The zero-order chi connectivity index (χ0) is 23.4. The SMILES string of the molecule is Cc1cc(C)c2oc(Cc3ccc(NC(=S)NC(=O)/C=C/c4ccc(Cl)cc4)cc3)nc2c1. The molecule has 5 nitrogen and oxygen atoms in total. The minimum Gasteiger partial charge on any atom is -0.440 e. The highest BCUT2D eigenvalue weighted by Gasteiger charge is 2.10. The summed E-state index contributed by atoms with van der Waals surface area (Å²) in [4.78, 5) is 16.7. The zero-order valence-corrected chi connectivity index (χ0v) is 19.8. The lowest BCUT2D eigenvalue weighted by atomic mass is 10.1. The molecule has 1 amide bonds. The van der Waals surface area contributed by atoms with Crippen molar-refractivity contribution in [3.63, 3.8) is 0 Å². The highest BCUT2D eigenvalue weighted by molar-refractivity contribution is 7.80. The van der Waals surface area contributed by atoms with Crippen molar-refractivity contribution in [2.75, 3.05) is 5.32 Å². The molecule has 0 bridgehead atoms. The Morgan fingerprint density at radius 3 is 2.55 bits per heavy atom. The summed E-state index contributed by atoms with van der Waals surface area (Å²) < 4.78 is 5.95. The molecule has 1 aromatic heterocycles. The van der Waals surface area contributed by atoms with Gasteiger partial charge in [0, 0.05) is 23.2 Å². The van der Waals surface area contributed by atoms with Crippen molar-refractivity contribution in [2.45, 2.75) is 20.3 Å². The smallest absolute Gasteiger partial charge is 0.250 e. The topological polar surface area (TPSA) is 67.2 Å². The molecule has 4 aromatic rings. The number of benzene rings is 3. The number of nitrogens with zero attached hydrogens (tertiary/aromatic N) is 1. The molecule has 0 aliphatic carbocycles. The second kappa shape index (κ2) is 9.98. The lowest BCUT2D eigenvalue weighted by molar-refractivity contribution is -0.115. The van der Waals surface area contributed by atoms with Gasteiger partial charge in [0.05, 0.1) is 0 Å². The zero-order valence-electron chi connectivity index (χ0n) is 18.2. The summed E-state index contributed by atoms with van der Waals surface area (Å²) in [5, 5.41) is 6.51. The molecule has 3 aromatic carbocycles. The quantitative estimate of drug-likeness (QED) is 0.265. The number of anilines is 1. The fourth-order valence-electron chi connectivity index (χ4n) is 3.44. The molecule has 2 N–H and O–H groups in total. The van der Waals surface area contributed by atoms with Crippen molar-refractivity contribution in [3.05, 3.63) is 99.9 Å². The van der Waals surface area contributed by atoms with Gasteiger partial charge in [-0.05, 0) is 84.7 Å². The molecule has 0 atom stereocenters. The molecular weight excluding hydrogens is 454 g/mol. The predicted molar refractivity (Wildman–Crippen MR) is 138 cm³/mol. The van der Waals surface area contributed by atoms with Crippen LogP contribution in [0.4, 0.5) is 5.69 Å². The van der Waals surface area contributed by atoms with E-state index in [9.17, 15) is 4.79 Å². The first-order valence-electron chi connectivity index (χ1n) is 10.4. The molecule has 7 heteroatoms. The number of halogens is 1. The number of nitrogens with one attached hydrogen (secondary N) is 2. The largest absolute Gasteiger partial charge is 0.440 e. The van der Waals surface area contributed by atoms with E-state index in [-0.39, 0.29) is 11.0 Å². The summed E-state index contributed by atoms with van der Waals surface area (Å²) in [6, 6.07) is 19.0. The molecule has 166 valence electrons. The van der Waals surface area contributed by atoms with Crippen LogP contribution in [0.3, 0.4) is 0 Å². The Bertz CT molecular complexity index is 1340. The van der Waals surface area contributed by atoms with Crippen LogP contribution in [0.1, 0.15) is 28.1 Å². The number of hydrogen-bond donors (Lipinski definition) is 2. The van der Waals surface area contributed by atoms with Crippen LogP contribution in [0.25, 0.3) is 17.2 Å². The molecule has 0 fully saturated rings. The summed E-state index contributed by atoms with van der Waals surface area (Å²) in [6.45, 7) is 4.08. The van der Waals surface area contributed by atoms with E-state index in [0.717, 1.165) is 33.5 Å². The minimum atomic E-state index is -0.319. The Labute approximate surface area is 202 Å². The van der Waals surface area contributed by atoms with Gasteiger partial charge >= 0.3 is 0 Å². The van der Waals surface area contributed by atoms with Crippen molar-refractivity contribution in [3.8, 4) is 0 Å². The van der Waals surface area contributed by atoms with Crippen molar-refractivity contribution in [1.82, 2.24) is 10.3 Å². The third-order valence-corrected chi connectivity index (χ3v) is 5.42. The number of amides is 1. The maximum absolute atomic E-state index is 12.1. The van der Waals surface area contributed by atoms with E-state index >= 15 is 0 Å². The van der Waals surface area contributed by atoms with Gasteiger partial charge in [0.2, 0.25) is 5.91 Å². The van der Waals surface area contributed by atoms with E-state index in [1.54, 1.807) is 18.2 Å². The molecule has 0 aliphatic rings. The van der Waals surface area contributed by atoms with Crippen LogP contribution in [0.2, 0.25) is 5.02 Å². The van der Waals surface area contributed by atoms with Crippen molar-refractivity contribution >= 4 is 57.7 Å². The van der Waals surface area contributed by atoms with Crippen LogP contribution in [0, 0.1) is 13.8 Å². The molecule has 33 heavy (non-hydrogen) atoms. The summed E-state index contributed by atoms with van der Waals surface area (Å²) in [7, 11) is 0. The molecule has 0 saturated carbocycles. The van der Waals surface area contributed by atoms with Gasteiger partial charge in [0.1, 0.15) is 5.52 Å². The standard InChI is InChI=1S/C26H22ClN3O2S/c1-16-13-17(2)25-22(14-16)29-24(32-25)15-19-5-10-21(11-6-19)28-26(33)30-23(31)12-7-18-3-8-20(27)9-4-18/h3-14H,15H2,1-2H3,(H2,28,30,31,33)/b12-7+. The molecule has 1 heterocycles. The number of thiocarbonyl (C=S) groups is 1. The number of aromatic nitrogens is 1. The van der Waals surface area contributed by atoms with Gasteiger partial charge in [-0.1, -0.05) is 41.9 Å². The molecule has 0 aliphatic heterocycles. The van der Waals surface area contributed by atoms with Crippen LogP contribution >= 0.6 is 23.8 Å². The van der Waals surface area contributed by atoms with Crippen LogP contribution < -0.4 is 10.6 Å².